The molecule has 0 atom stereocenters. The van der Waals surface area contributed by atoms with E-state index in [1.807, 2.05) is 0 Å². The zero-order chi connectivity index (χ0) is 43.2. The van der Waals surface area contributed by atoms with Crippen LogP contribution in [0.3, 0.4) is 0 Å². The van der Waals surface area contributed by atoms with Crippen molar-refractivity contribution in [3.63, 3.8) is 0 Å². The molecule has 0 saturated carbocycles. The van der Waals surface area contributed by atoms with Crippen molar-refractivity contribution >= 4 is 40.5 Å². The molecule has 9 rings (SSSR count). The molecule has 8 heteroatoms. The molecule has 0 radical (unpaired) electrons. The standard InChI is InChI=1S/3C18H15S.H3O4P/c3*1-4-10-16(11-5-1)19(17-12-6-2-7-13-17)18-14-8-3-9-15-18;1-5(2,3)4/h3*1-15H;(H3,1,2,3,4)/q3*+1;/p-3. The first-order chi connectivity index (χ1) is 30.3. The molecule has 0 spiro atoms. The van der Waals surface area contributed by atoms with E-state index in [0.29, 0.717) is 0 Å². The summed E-state index contributed by atoms with van der Waals surface area (Å²) in [7, 11) is -5.43. The first-order valence-electron chi connectivity index (χ1n) is 19.8. The lowest BCUT2D eigenvalue weighted by Gasteiger charge is -2.36. The molecule has 0 amide bonds. The minimum Gasteiger partial charge on any atom is -0.822 e. The molecule has 0 aromatic heterocycles. The van der Waals surface area contributed by atoms with Gasteiger partial charge in [-0.1, -0.05) is 164 Å². The highest BCUT2D eigenvalue weighted by molar-refractivity contribution is 7.97. The van der Waals surface area contributed by atoms with Crippen molar-refractivity contribution in [1.29, 1.82) is 0 Å². The van der Waals surface area contributed by atoms with E-state index < -0.39 is 7.82 Å². The van der Waals surface area contributed by atoms with Crippen LogP contribution in [0.5, 0.6) is 0 Å². The predicted octanol–water partition coefficient (Wildman–Crippen LogP) is 11.5. The van der Waals surface area contributed by atoms with Gasteiger partial charge in [0.2, 0.25) is 0 Å². The first kappa shape index (κ1) is 45.7. The van der Waals surface area contributed by atoms with Gasteiger partial charge in [-0.15, -0.1) is 0 Å². The first-order valence-corrected chi connectivity index (χ1v) is 24.9. The average Bonchev–Trinajstić information content (AvgIpc) is 3.32. The third-order valence-corrected chi connectivity index (χ3v) is 15.5. The minimum absolute atomic E-state index is 0.0146. The summed E-state index contributed by atoms with van der Waals surface area (Å²) in [5.74, 6) is 0. The van der Waals surface area contributed by atoms with Crippen LogP contribution in [-0.2, 0) is 37.2 Å². The SMILES string of the molecule is O=P([O-])([O-])[O-].c1ccc([S+](c2ccccc2)c2ccccc2)cc1.c1ccc([S+](c2ccccc2)c2ccccc2)cc1.c1ccc([S+](c2ccccc2)c2ccccc2)cc1. The van der Waals surface area contributed by atoms with E-state index in [2.05, 4.69) is 273 Å². The van der Waals surface area contributed by atoms with Gasteiger partial charge in [0.25, 0.3) is 0 Å². The smallest absolute Gasteiger partial charge is 0.166 e. The Kier molecular flexibility index (Phi) is 18.1. The Morgan fingerprint density at radius 3 is 0.371 bits per heavy atom. The lowest BCUT2D eigenvalue weighted by Crippen LogP contribution is -2.24. The highest BCUT2D eigenvalue weighted by atomic mass is 32.2. The van der Waals surface area contributed by atoms with Crippen molar-refractivity contribution in [3.8, 4) is 0 Å². The Bertz CT molecular complexity index is 2040. The molecular weight excluding hydrogens is 840 g/mol. The number of rotatable bonds is 9. The molecule has 62 heavy (non-hydrogen) atoms. The van der Waals surface area contributed by atoms with Crippen LogP contribution >= 0.6 is 7.82 Å². The van der Waals surface area contributed by atoms with Gasteiger partial charge < -0.3 is 19.2 Å². The number of phosphoric acid groups is 1. The van der Waals surface area contributed by atoms with Crippen molar-refractivity contribution in [2.75, 3.05) is 0 Å². The highest BCUT2D eigenvalue weighted by Crippen LogP contribution is 2.33. The molecule has 4 nitrogen and oxygen atoms in total. The Balaban J connectivity index is 0.000000147. The summed E-state index contributed by atoms with van der Waals surface area (Å²) in [4.78, 5) is 37.9. The second kappa shape index (κ2) is 24.5. The molecule has 0 N–H and O–H groups in total. The second-order valence-electron chi connectivity index (χ2n) is 13.2. The van der Waals surface area contributed by atoms with Gasteiger partial charge >= 0.3 is 0 Å². The quantitative estimate of drug-likeness (QED) is 0.107. The molecule has 0 unspecified atom stereocenters. The van der Waals surface area contributed by atoms with Crippen molar-refractivity contribution in [2.45, 2.75) is 44.1 Å². The van der Waals surface area contributed by atoms with E-state index in [9.17, 15) is 0 Å². The van der Waals surface area contributed by atoms with E-state index in [0.717, 1.165) is 0 Å². The van der Waals surface area contributed by atoms with Crippen LogP contribution in [0, 0.1) is 0 Å². The Hall–Kier alpha value is -5.86. The Labute approximate surface area is 374 Å². The van der Waals surface area contributed by atoms with E-state index in [1.165, 1.54) is 44.1 Å². The van der Waals surface area contributed by atoms with Gasteiger partial charge in [-0.3, -0.25) is 0 Å². The van der Waals surface area contributed by atoms with E-state index in [1.54, 1.807) is 0 Å². The van der Waals surface area contributed by atoms with E-state index >= 15 is 0 Å². The zero-order valence-corrected chi connectivity index (χ0v) is 37.1. The number of hydrogen-bond donors (Lipinski definition) is 0. The predicted molar refractivity (Wildman–Crippen MR) is 252 cm³/mol. The average molecular weight is 885 g/mol. The fraction of sp³-hybridized carbons (Fsp3) is 0. The Morgan fingerprint density at radius 2 is 0.290 bits per heavy atom. The second-order valence-corrected chi connectivity index (χ2v) is 20.2. The van der Waals surface area contributed by atoms with E-state index in [-0.39, 0.29) is 32.7 Å². The molecule has 0 fully saturated rings. The van der Waals surface area contributed by atoms with Crippen LogP contribution in [0.25, 0.3) is 0 Å². The lowest BCUT2D eigenvalue weighted by atomic mass is 10.4. The van der Waals surface area contributed by atoms with Gasteiger partial charge in [0.15, 0.2) is 44.1 Å². The highest BCUT2D eigenvalue weighted by Gasteiger charge is 2.29. The third-order valence-electron chi connectivity index (χ3n) is 8.81. The molecule has 0 aliphatic heterocycles. The summed E-state index contributed by atoms with van der Waals surface area (Å²) in [6.45, 7) is 0. The summed E-state index contributed by atoms with van der Waals surface area (Å²) in [5, 5.41) is 0. The summed E-state index contributed by atoms with van der Waals surface area (Å²) < 4.78 is 8.55. The van der Waals surface area contributed by atoms with Gasteiger partial charge in [0.05, 0.1) is 32.7 Å². The lowest BCUT2D eigenvalue weighted by molar-refractivity contribution is -0.432. The van der Waals surface area contributed by atoms with Gasteiger partial charge in [0.1, 0.15) is 0 Å². The summed E-state index contributed by atoms with van der Waals surface area (Å²) in [5.41, 5.74) is 0. The molecule has 0 heterocycles. The minimum atomic E-state index is -5.39. The summed E-state index contributed by atoms with van der Waals surface area (Å²) in [6, 6.07) is 96.5. The molecule has 0 aliphatic rings. The van der Waals surface area contributed by atoms with Crippen LogP contribution in [0.2, 0.25) is 0 Å². The van der Waals surface area contributed by atoms with Gasteiger partial charge in [0, 0.05) is 0 Å². The van der Waals surface area contributed by atoms with Crippen LogP contribution in [0.1, 0.15) is 0 Å². The van der Waals surface area contributed by atoms with Gasteiger partial charge in [-0.2, -0.15) is 7.82 Å². The fourth-order valence-corrected chi connectivity index (χ4v) is 12.5. The van der Waals surface area contributed by atoms with Crippen molar-refractivity contribution in [3.05, 3.63) is 273 Å². The number of benzene rings is 9. The maximum absolute atomic E-state index is 8.55. The van der Waals surface area contributed by atoms with Crippen LogP contribution < -0.4 is 14.7 Å². The van der Waals surface area contributed by atoms with Crippen LogP contribution in [0.15, 0.2) is 317 Å². The van der Waals surface area contributed by atoms with Crippen LogP contribution in [0.4, 0.5) is 0 Å². The van der Waals surface area contributed by atoms with Gasteiger partial charge in [-0.25, -0.2) is 0 Å². The largest absolute Gasteiger partial charge is 0.822 e. The van der Waals surface area contributed by atoms with E-state index in [4.69, 9.17) is 19.2 Å². The summed E-state index contributed by atoms with van der Waals surface area (Å²) in [6.07, 6.45) is 0. The monoisotopic (exact) mass is 884 g/mol. The molecule has 0 saturated heterocycles. The van der Waals surface area contributed by atoms with Crippen LogP contribution in [-0.4, -0.2) is 0 Å². The number of hydrogen-bond acceptors (Lipinski definition) is 4. The maximum atomic E-state index is 8.55. The van der Waals surface area contributed by atoms with Crippen molar-refractivity contribution < 1.29 is 19.2 Å². The maximum Gasteiger partial charge on any atom is 0.166 e. The molecule has 0 aliphatic carbocycles. The summed E-state index contributed by atoms with van der Waals surface area (Å²) >= 11 is 0. The van der Waals surface area contributed by atoms with Gasteiger partial charge in [-0.05, 0) is 109 Å². The topological polar surface area (TPSA) is 86.2 Å². The molecule has 9 aromatic rings. The third kappa shape index (κ3) is 14.7. The van der Waals surface area contributed by atoms with Crippen molar-refractivity contribution in [1.82, 2.24) is 0 Å². The fourth-order valence-electron chi connectivity index (χ4n) is 6.23. The molecular formula is C54H45O4PS3. The van der Waals surface area contributed by atoms with Crippen molar-refractivity contribution in [2.24, 2.45) is 0 Å². The molecule has 308 valence electrons. The zero-order valence-electron chi connectivity index (χ0n) is 33.8. The normalized spacial score (nSPS) is 10.7. The molecule has 0 bridgehead atoms. The molecule has 9 aromatic carbocycles. The Morgan fingerprint density at radius 1 is 0.210 bits per heavy atom.